The van der Waals surface area contributed by atoms with Crippen molar-refractivity contribution in [1.29, 1.82) is 5.26 Å². The zero-order chi connectivity index (χ0) is 24.4. The Kier molecular flexibility index (Phi) is 9.48. The molecule has 34 heavy (non-hydrogen) atoms. The van der Waals surface area contributed by atoms with E-state index >= 15 is 0 Å². The van der Waals surface area contributed by atoms with E-state index in [0.717, 1.165) is 23.3 Å². The number of nitrogens with one attached hydrogen (secondary N) is 2. The summed E-state index contributed by atoms with van der Waals surface area (Å²) in [6, 6.07) is 12.1. The van der Waals surface area contributed by atoms with E-state index < -0.39 is 15.8 Å². The van der Waals surface area contributed by atoms with Crippen molar-refractivity contribution in [2.24, 2.45) is 11.8 Å². The maximum absolute atomic E-state index is 13.0. The minimum Gasteiger partial charge on any atom is -0.351 e. The normalized spacial score (nSPS) is 18.0. The number of thioether (sulfide) groups is 1. The third-order valence-electron chi connectivity index (χ3n) is 5.79. The number of carbonyl (C=O) groups is 2. The lowest BCUT2D eigenvalue weighted by Crippen LogP contribution is -2.39. The molecule has 8 nitrogen and oxygen atoms in total. The van der Waals surface area contributed by atoms with E-state index in [2.05, 4.69) is 15.6 Å². The number of hydrogen-bond donors (Lipinski definition) is 2. The summed E-state index contributed by atoms with van der Waals surface area (Å²) in [6.07, 6.45) is 6.44. The fourth-order valence-corrected chi connectivity index (χ4v) is 6.47. The van der Waals surface area contributed by atoms with Crippen LogP contribution in [0.1, 0.15) is 31.2 Å². The third kappa shape index (κ3) is 7.57. The highest BCUT2D eigenvalue weighted by Crippen LogP contribution is 2.33. The molecule has 1 heterocycles. The number of carbonyl (C=O) groups excluding carboxylic acids is 2. The van der Waals surface area contributed by atoms with Crippen LogP contribution in [-0.4, -0.2) is 43.3 Å². The zero-order valence-electron chi connectivity index (χ0n) is 18.8. The molecule has 0 radical (unpaired) electrons. The number of pyridine rings is 1. The number of nitriles is 1. The molecule has 0 aliphatic heterocycles. The van der Waals surface area contributed by atoms with Crippen molar-refractivity contribution in [3.8, 4) is 6.07 Å². The Morgan fingerprint density at radius 2 is 1.88 bits per heavy atom. The minimum absolute atomic E-state index is 0.0740. The Labute approximate surface area is 204 Å². The van der Waals surface area contributed by atoms with E-state index in [9.17, 15) is 18.0 Å². The van der Waals surface area contributed by atoms with E-state index in [4.69, 9.17) is 5.26 Å². The summed E-state index contributed by atoms with van der Waals surface area (Å²) in [5.41, 5.74) is 0.915. The fraction of sp³-hybridized carbons (Fsp3) is 0.417. The van der Waals surface area contributed by atoms with Crippen LogP contribution < -0.4 is 10.6 Å². The number of rotatable bonds is 10. The first-order valence-corrected chi connectivity index (χ1v) is 13.8. The number of aromatic nitrogens is 1. The fourth-order valence-electron chi connectivity index (χ4n) is 4.03. The van der Waals surface area contributed by atoms with E-state index in [0.29, 0.717) is 19.4 Å². The zero-order valence-corrected chi connectivity index (χ0v) is 20.4. The molecule has 1 aromatic carbocycles. The van der Waals surface area contributed by atoms with Gasteiger partial charge in [-0.3, -0.25) is 14.6 Å². The van der Waals surface area contributed by atoms with Gasteiger partial charge in [0, 0.05) is 29.8 Å². The topological polar surface area (TPSA) is 129 Å². The van der Waals surface area contributed by atoms with Crippen molar-refractivity contribution in [2.75, 3.05) is 18.1 Å². The first kappa shape index (κ1) is 25.7. The summed E-state index contributed by atoms with van der Waals surface area (Å²) in [6.45, 7) is 0.330. The van der Waals surface area contributed by atoms with Gasteiger partial charge in [-0.15, -0.1) is 11.8 Å². The Morgan fingerprint density at radius 1 is 1.12 bits per heavy atom. The molecular formula is C24H28N4O4S2. The lowest BCUT2D eigenvalue weighted by atomic mass is 9.80. The van der Waals surface area contributed by atoms with E-state index in [1.807, 2.05) is 18.2 Å². The molecular weight excluding hydrogens is 472 g/mol. The average molecular weight is 501 g/mol. The molecule has 0 spiro atoms. The highest BCUT2D eigenvalue weighted by molar-refractivity contribution is 8.00. The largest absolute Gasteiger partial charge is 0.351 e. The molecule has 1 saturated carbocycles. The first-order chi connectivity index (χ1) is 16.4. The second kappa shape index (κ2) is 12.5. The van der Waals surface area contributed by atoms with Crippen LogP contribution in [0.5, 0.6) is 0 Å². The van der Waals surface area contributed by atoms with Crippen LogP contribution in [0.4, 0.5) is 0 Å². The smallest absolute Gasteiger partial charge is 0.230 e. The van der Waals surface area contributed by atoms with Gasteiger partial charge in [0.15, 0.2) is 9.84 Å². The SMILES string of the molecule is N#CCNC(=O)C1CCCCC1CS(=O)(=O)c1ccc(SCC(=O)NCc2cccnc2)cc1. The van der Waals surface area contributed by atoms with Gasteiger partial charge in [-0.25, -0.2) is 8.42 Å². The summed E-state index contributed by atoms with van der Waals surface area (Å²) in [5, 5.41) is 14.1. The third-order valence-corrected chi connectivity index (χ3v) is 8.66. The highest BCUT2D eigenvalue weighted by atomic mass is 32.2. The molecule has 2 amide bonds. The lowest BCUT2D eigenvalue weighted by molar-refractivity contribution is -0.127. The Hall–Kier alpha value is -2.90. The predicted octanol–water partition coefficient (Wildman–Crippen LogP) is 2.71. The Balaban J connectivity index is 1.53. The monoisotopic (exact) mass is 500 g/mol. The van der Waals surface area contributed by atoms with Crippen molar-refractivity contribution >= 4 is 33.4 Å². The van der Waals surface area contributed by atoms with Crippen molar-refractivity contribution in [2.45, 2.75) is 42.0 Å². The van der Waals surface area contributed by atoms with E-state index in [-0.39, 0.29) is 40.7 Å². The van der Waals surface area contributed by atoms with Crippen LogP contribution in [-0.2, 0) is 26.0 Å². The highest BCUT2D eigenvalue weighted by Gasteiger charge is 2.34. The number of amides is 2. The predicted molar refractivity (Wildman–Crippen MR) is 129 cm³/mol. The molecule has 0 saturated heterocycles. The van der Waals surface area contributed by atoms with Crippen LogP contribution in [0.2, 0.25) is 0 Å². The molecule has 0 bridgehead atoms. The van der Waals surface area contributed by atoms with Gasteiger partial charge in [0.05, 0.1) is 22.5 Å². The van der Waals surface area contributed by atoms with Gasteiger partial charge in [-0.1, -0.05) is 18.9 Å². The van der Waals surface area contributed by atoms with Gasteiger partial charge in [-0.05, 0) is 54.7 Å². The quantitative estimate of drug-likeness (QED) is 0.379. The summed E-state index contributed by atoms with van der Waals surface area (Å²) in [4.78, 5) is 29.5. The maximum atomic E-state index is 13.0. The summed E-state index contributed by atoms with van der Waals surface area (Å²) in [7, 11) is -3.57. The molecule has 2 unspecified atom stereocenters. The van der Waals surface area contributed by atoms with E-state index in [1.54, 1.807) is 36.7 Å². The van der Waals surface area contributed by atoms with Crippen LogP contribution in [0.15, 0.2) is 58.6 Å². The minimum atomic E-state index is -3.57. The van der Waals surface area contributed by atoms with Crippen LogP contribution >= 0.6 is 11.8 Å². The van der Waals surface area contributed by atoms with Gasteiger partial charge >= 0.3 is 0 Å². The maximum Gasteiger partial charge on any atom is 0.230 e. The first-order valence-electron chi connectivity index (χ1n) is 11.1. The number of nitrogens with zero attached hydrogens (tertiary/aromatic N) is 2. The van der Waals surface area contributed by atoms with Gasteiger partial charge in [0.2, 0.25) is 11.8 Å². The van der Waals surface area contributed by atoms with E-state index in [1.165, 1.54) is 11.8 Å². The van der Waals surface area contributed by atoms with Gasteiger partial charge in [0.1, 0.15) is 6.54 Å². The number of hydrogen-bond acceptors (Lipinski definition) is 7. The molecule has 1 aromatic heterocycles. The van der Waals surface area contributed by atoms with Gasteiger partial charge in [0.25, 0.3) is 0 Å². The lowest BCUT2D eigenvalue weighted by Gasteiger charge is -2.30. The molecule has 2 atom stereocenters. The van der Waals surface area contributed by atoms with Gasteiger partial charge in [-0.2, -0.15) is 5.26 Å². The van der Waals surface area contributed by atoms with Crippen LogP contribution in [0.25, 0.3) is 0 Å². The molecule has 2 N–H and O–H groups in total. The molecule has 10 heteroatoms. The second-order valence-corrected chi connectivity index (χ2v) is 11.3. The summed E-state index contributed by atoms with van der Waals surface area (Å²) in [5.74, 6) is -0.903. The van der Waals surface area contributed by atoms with Gasteiger partial charge < -0.3 is 10.6 Å². The number of benzene rings is 1. The number of sulfone groups is 1. The molecule has 3 rings (SSSR count). The molecule has 1 fully saturated rings. The van der Waals surface area contributed by atoms with Crippen molar-refractivity contribution in [1.82, 2.24) is 15.6 Å². The van der Waals surface area contributed by atoms with Crippen molar-refractivity contribution in [3.05, 3.63) is 54.4 Å². The van der Waals surface area contributed by atoms with Crippen LogP contribution in [0, 0.1) is 23.2 Å². The summed E-state index contributed by atoms with van der Waals surface area (Å²) < 4.78 is 26.0. The second-order valence-electron chi connectivity index (χ2n) is 8.21. The molecule has 2 aromatic rings. The Bertz CT molecular complexity index is 1120. The van der Waals surface area contributed by atoms with Crippen LogP contribution in [0.3, 0.4) is 0 Å². The van der Waals surface area contributed by atoms with Crippen molar-refractivity contribution in [3.63, 3.8) is 0 Å². The molecule has 180 valence electrons. The standard InChI is InChI=1S/C24H28N4O4S2/c25-11-13-27-24(30)22-6-2-1-5-19(22)17-34(31,32)21-9-7-20(8-10-21)33-16-23(29)28-15-18-4-3-12-26-14-18/h3-4,7-10,12,14,19,22H,1-2,5-6,13,15-17H2,(H,27,30)(H,28,29). The molecule has 1 aliphatic carbocycles. The Morgan fingerprint density at radius 3 is 2.59 bits per heavy atom. The molecule has 1 aliphatic rings. The van der Waals surface area contributed by atoms with Crippen molar-refractivity contribution < 1.29 is 18.0 Å². The summed E-state index contributed by atoms with van der Waals surface area (Å²) >= 11 is 1.33. The average Bonchev–Trinajstić information content (AvgIpc) is 2.85.